The molecule has 84 valence electrons. The van der Waals surface area contributed by atoms with Crippen molar-refractivity contribution in [3.05, 3.63) is 32.4 Å². The Bertz CT molecular complexity index is 480. The number of carbonyl (C=O) groups is 2. The number of hydrogen-bond donors (Lipinski definition) is 1. The second kappa shape index (κ2) is 4.62. The molecular weight excluding hydrogens is 408 g/mol. The number of hydrogen-bond acceptors (Lipinski definition) is 2. The second-order valence-electron chi connectivity index (χ2n) is 3.40. The van der Waals surface area contributed by atoms with Gasteiger partial charge in [0, 0.05) is 8.59 Å². The Labute approximate surface area is 119 Å². The van der Waals surface area contributed by atoms with Gasteiger partial charge in [-0.25, -0.2) is 0 Å². The maximum atomic E-state index is 11.6. The predicted molar refractivity (Wildman–Crippen MR) is 72.8 cm³/mol. The van der Waals surface area contributed by atoms with Gasteiger partial charge >= 0.3 is 0 Å². The lowest BCUT2D eigenvalue weighted by Crippen LogP contribution is -2.22. The fourth-order valence-corrected chi connectivity index (χ4v) is 3.45. The van der Waals surface area contributed by atoms with Crippen molar-refractivity contribution in [1.82, 2.24) is 5.32 Å². The van der Waals surface area contributed by atoms with Crippen molar-refractivity contribution in [2.24, 2.45) is 0 Å². The highest BCUT2D eigenvalue weighted by atomic mass is 127. The van der Waals surface area contributed by atoms with Crippen molar-refractivity contribution in [2.45, 2.75) is 10.7 Å². The zero-order chi connectivity index (χ0) is 11.9. The summed E-state index contributed by atoms with van der Waals surface area (Å²) in [6, 6.07) is 5.27. The molecule has 2 atom stereocenters. The minimum atomic E-state index is -0.505. The molecule has 2 amide bonds. The first-order chi connectivity index (χ1) is 7.50. The van der Waals surface area contributed by atoms with Crippen LogP contribution in [-0.4, -0.2) is 16.6 Å². The number of carbonyl (C=O) groups excluding carboxylic acids is 2. The average Bonchev–Trinajstić information content (AvgIpc) is 2.43. The topological polar surface area (TPSA) is 46.2 Å². The zero-order valence-corrected chi connectivity index (χ0v) is 12.3. The molecule has 0 saturated carbocycles. The molecule has 2 unspecified atom stereocenters. The van der Waals surface area contributed by atoms with Gasteiger partial charge in [-0.15, -0.1) is 0 Å². The summed E-state index contributed by atoms with van der Waals surface area (Å²) in [5, 5.41) is 2.91. The van der Waals surface area contributed by atoms with Gasteiger partial charge in [-0.1, -0.05) is 33.6 Å². The molecule has 16 heavy (non-hydrogen) atoms. The third-order valence-electron chi connectivity index (χ3n) is 2.37. The number of imide groups is 1. The molecule has 0 aromatic heterocycles. The first-order valence-electron chi connectivity index (χ1n) is 4.44. The van der Waals surface area contributed by atoms with E-state index in [0.29, 0.717) is 5.02 Å². The third kappa shape index (κ3) is 2.12. The summed E-state index contributed by atoms with van der Waals surface area (Å²) in [5.41, 5.74) is 0.815. The third-order valence-corrected chi connectivity index (χ3v) is 4.48. The first-order valence-corrected chi connectivity index (χ1v) is 6.81. The van der Waals surface area contributed by atoms with Crippen LogP contribution in [0.15, 0.2) is 18.2 Å². The van der Waals surface area contributed by atoms with Crippen molar-refractivity contribution in [3.63, 3.8) is 0 Å². The predicted octanol–water partition coefficient (Wildman–Crippen LogP) is 2.45. The Morgan fingerprint density at radius 3 is 2.50 bits per heavy atom. The Morgan fingerprint density at radius 2 is 2.00 bits per heavy atom. The number of nitrogens with one attached hydrogen (secondary N) is 1. The SMILES string of the molecule is O=C1NC(=O)C(c2ccc(Cl)cc2I)C1Br. The van der Waals surface area contributed by atoms with Crippen LogP contribution in [0.1, 0.15) is 11.5 Å². The fourth-order valence-electron chi connectivity index (χ4n) is 1.61. The Hall–Kier alpha value is -0.140. The summed E-state index contributed by atoms with van der Waals surface area (Å²) in [4.78, 5) is 22.5. The largest absolute Gasteiger partial charge is 0.295 e. The van der Waals surface area contributed by atoms with E-state index in [0.717, 1.165) is 9.13 Å². The van der Waals surface area contributed by atoms with Gasteiger partial charge in [0.2, 0.25) is 11.8 Å². The summed E-state index contributed by atoms with van der Waals surface area (Å²) >= 11 is 11.2. The molecule has 1 fully saturated rings. The maximum absolute atomic E-state index is 11.6. The van der Waals surface area contributed by atoms with Crippen molar-refractivity contribution in [1.29, 1.82) is 0 Å². The van der Waals surface area contributed by atoms with Crippen LogP contribution in [0, 0.1) is 3.57 Å². The summed E-state index contributed by atoms with van der Waals surface area (Å²) in [6.45, 7) is 0. The molecular formula is C10H6BrClINO2. The molecule has 1 saturated heterocycles. The molecule has 0 bridgehead atoms. The van der Waals surface area contributed by atoms with Gasteiger partial charge in [0.05, 0.1) is 5.92 Å². The second-order valence-corrected chi connectivity index (χ2v) is 5.98. The van der Waals surface area contributed by atoms with Crippen LogP contribution in [0.2, 0.25) is 5.02 Å². The maximum Gasteiger partial charge on any atom is 0.241 e. The molecule has 0 radical (unpaired) electrons. The monoisotopic (exact) mass is 413 g/mol. The lowest BCUT2D eigenvalue weighted by atomic mass is 9.98. The Kier molecular flexibility index (Phi) is 3.56. The Morgan fingerprint density at radius 1 is 1.31 bits per heavy atom. The number of alkyl halides is 1. The van der Waals surface area contributed by atoms with Gasteiger partial charge in [0.15, 0.2) is 0 Å². The first kappa shape index (κ1) is 12.3. The van der Waals surface area contributed by atoms with Gasteiger partial charge in [0.1, 0.15) is 4.83 Å². The molecule has 6 heteroatoms. The molecule has 1 aliphatic rings. The van der Waals surface area contributed by atoms with Crippen LogP contribution in [0.5, 0.6) is 0 Å². The summed E-state index contributed by atoms with van der Waals surface area (Å²) in [6.07, 6.45) is 0. The molecule has 3 nitrogen and oxygen atoms in total. The fraction of sp³-hybridized carbons (Fsp3) is 0.200. The van der Waals surface area contributed by atoms with Crippen LogP contribution in [0.4, 0.5) is 0 Å². The Balaban J connectivity index is 2.44. The summed E-state index contributed by atoms with van der Waals surface area (Å²) in [5.74, 6) is -1.04. The van der Waals surface area contributed by atoms with Gasteiger partial charge in [0.25, 0.3) is 0 Å². The van der Waals surface area contributed by atoms with Crippen molar-refractivity contribution < 1.29 is 9.59 Å². The van der Waals surface area contributed by atoms with E-state index in [1.807, 2.05) is 0 Å². The van der Waals surface area contributed by atoms with Crippen molar-refractivity contribution in [3.8, 4) is 0 Å². The highest BCUT2D eigenvalue weighted by molar-refractivity contribution is 14.1. The van der Waals surface area contributed by atoms with E-state index in [1.54, 1.807) is 18.2 Å². The highest BCUT2D eigenvalue weighted by Crippen LogP contribution is 2.33. The van der Waals surface area contributed by atoms with E-state index in [4.69, 9.17) is 11.6 Å². The van der Waals surface area contributed by atoms with Crippen LogP contribution >= 0.6 is 50.1 Å². The van der Waals surface area contributed by atoms with E-state index in [9.17, 15) is 9.59 Å². The van der Waals surface area contributed by atoms with Gasteiger partial charge in [-0.2, -0.15) is 0 Å². The zero-order valence-electron chi connectivity index (χ0n) is 7.84. The van der Waals surface area contributed by atoms with Gasteiger partial charge in [-0.05, 0) is 40.3 Å². The summed E-state index contributed by atoms with van der Waals surface area (Å²) < 4.78 is 0.879. The van der Waals surface area contributed by atoms with Gasteiger partial charge < -0.3 is 0 Å². The average molecular weight is 414 g/mol. The normalized spacial score (nSPS) is 24.7. The lowest BCUT2D eigenvalue weighted by Gasteiger charge is -2.12. The standard InChI is InChI=1S/C10H6BrClINO2/c11-8-7(9(15)14-10(8)16)5-2-1-4(12)3-6(5)13/h1-3,7-8H,(H,14,15,16). The van der Waals surface area contributed by atoms with Crippen LogP contribution in [0.3, 0.4) is 0 Å². The van der Waals surface area contributed by atoms with Crippen LogP contribution in [0.25, 0.3) is 0 Å². The molecule has 2 rings (SSSR count). The molecule has 1 aliphatic heterocycles. The molecule has 0 aliphatic carbocycles. The number of amides is 2. The quantitative estimate of drug-likeness (QED) is 0.436. The molecule has 1 aromatic rings. The van der Waals surface area contributed by atoms with Crippen LogP contribution < -0.4 is 5.32 Å². The summed E-state index contributed by atoms with van der Waals surface area (Å²) in [7, 11) is 0. The lowest BCUT2D eigenvalue weighted by molar-refractivity contribution is -0.125. The minimum absolute atomic E-state index is 0.271. The highest BCUT2D eigenvalue weighted by Gasteiger charge is 2.41. The van der Waals surface area contributed by atoms with Gasteiger partial charge in [-0.3, -0.25) is 14.9 Å². The van der Waals surface area contributed by atoms with Crippen molar-refractivity contribution >= 4 is 61.9 Å². The van der Waals surface area contributed by atoms with E-state index in [2.05, 4.69) is 43.8 Å². The van der Waals surface area contributed by atoms with Crippen molar-refractivity contribution in [2.75, 3.05) is 0 Å². The number of halogens is 3. The molecule has 0 spiro atoms. The minimum Gasteiger partial charge on any atom is -0.295 e. The van der Waals surface area contributed by atoms with E-state index >= 15 is 0 Å². The number of rotatable bonds is 1. The smallest absolute Gasteiger partial charge is 0.241 e. The van der Waals surface area contributed by atoms with E-state index in [-0.39, 0.29) is 11.8 Å². The number of benzene rings is 1. The molecule has 1 heterocycles. The van der Waals surface area contributed by atoms with Crippen LogP contribution in [-0.2, 0) is 9.59 Å². The van der Waals surface area contributed by atoms with E-state index < -0.39 is 10.7 Å². The molecule has 1 N–H and O–H groups in total. The van der Waals surface area contributed by atoms with E-state index in [1.165, 1.54) is 0 Å². The molecule has 1 aromatic carbocycles.